The first-order valence-electron chi connectivity index (χ1n) is 5.46. The molecule has 0 aromatic heterocycles. The fourth-order valence-corrected chi connectivity index (χ4v) is 2.06. The fraction of sp³-hybridized carbons (Fsp3) is 1.00. The number of halogens is 3. The summed E-state index contributed by atoms with van der Waals surface area (Å²) in [5.41, 5.74) is 5.44. The van der Waals surface area contributed by atoms with Crippen molar-refractivity contribution in [1.82, 2.24) is 5.32 Å². The third-order valence-corrected chi connectivity index (χ3v) is 3.06. The molecule has 0 amide bonds. The van der Waals surface area contributed by atoms with E-state index in [0.717, 1.165) is 0 Å². The van der Waals surface area contributed by atoms with Gasteiger partial charge >= 0.3 is 6.18 Å². The van der Waals surface area contributed by atoms with Crippen molar-refractivity contribution >= 4 is 0 Å². The smallest absolute Gasteiger partial charge is 0.329 e. The second-order valence-corrected chi connectivity index (χ2v) is 4.39. The van der Waals surface area contributed by atoms with Gasteiger partial charge < -0.3 is 11.1 Å². The van der Waals surface area contributed by atoms with E-state index in [0.29, 0.717) is 19.4 Å². The van der Waals surface area contributed by atoms with E-state index in [1.807, 2.05) is 6.92 Å². The van der Waals surface area contributed by atoms with Crippen LogP contribution in [0.15, 0.2) is 0 Å². The topological polar surface area (TPSA) is 38.0 Å². The molecular weight excluding hydrogens is 205 g/mol. The second kappa shape index (κ2) is 5.16. The first-order chi connectivity index (χ1) is 6.93. The van der Waals surface area contributed by atoms with Crippen LogP contribution < -0.4 is 11.1 Å². The highest BCUT2D eigenvalue weighted by Crippen LogP contribution is 2.37. The Balaban J connectivity index is 2.30. The number of hydrogen-bond donors (Lipinski definition) is 2. The van der Waals surface area contributed by atoms with Gasteiger partial charge in [0.05, 0.1) is 5.92 Å². The Kier molecular flexibility index (Phi) is 4.40. The Hall–Kier alpha value is -0.290. The molecule has 1 fully saturated rings. The molecule has 0 radical (unpaired) electrons. The highest BCUT2D eigenvalue weighted by Gasteiger charge is 2.41. The molecular formula is C10H19F3N2. The molecule has 0 spiro atoms. The number of nitrogens with one attached hydrogen (secondary N) is 1. The van der Waals surface area contributed by atoms with Crippen molar-refractivity contribution < 1.29 is 13.2 Å². The molecule has 1 atom stereocenters. The molecule has 90 valence electrons. The average molecular weight is 224 g/mol. The van der Waals surface area contributed by atoms with Gasteiger partial charge in [-0.05, 0) is 32.6 Å². The second-order valence-electron chi connectivity index (χ2n) is 4.39. The number of hydrogen-bond acceptors (Lipinski definition) is 2. The highest BCUT2D eigenvalue weighted by molar-refractivity contribution is 4.82. The van der Waals surface area contributed by atoms with Crippen LogP contribution in [0.5, 0.6) is 0 Å². The third-order valence-electron chi connectivity index (χ3n) is 3.06. The Labute approximate surface area is 88.4 Å². The Morgan fingerprint density at radius 1 is 1.27 bits per heavy atom. The van der Waals surface area contributed by atoms with Gasteiger partial charge in [0.25, 0.3) is 0 Å². The lowest BCUT2D eigenvalue weighted by atomic mass is 9.85. The standard InChI is InChI=1S/C10H19F3N2/c1-7(6-14)15-9-4-2-8(3-5-9)10(11,12)13/h7-9,15H,2-6,14H2,1H3. The molecule has 0 aliphatic heterocycles. The Morgan fingerprint density at radius 2 is 1.80 bits per heavy atom. The van der Waals surface area contributed by atoms with E-state index < -0.39 is 12.1 Å². The van der Waals surface area contributed by atoms with Gasteiger partial charge in [-0.1, -0.05) is 0 Å². The molecule has 1 saturated carbocycles. The molecule has 1 unspecified atom stereocenters. The SMILES string of the molecule is CC(CN)NC1CCC(C(F)(F)F)CC1. The van der Waals surface area contributed by atoms with E-state index in [1.165, 1.54) is 0 Å². The summed E-state index contributed by atoms with van der Waals surface area (Å²) in [6, 6.07) is 0.402. The van der Waals surface area contributed by atoms with Crippen LogP contribution in [0.25, 0.3) is 0 Å². The lowest BCUT2D eigenvalue weighted by molar-refractivity contribution is -0.182. The van der Waals surface area contributed by atoms with E-state index in [4.69, 9.17) is 5.73 Å². The first-order valence-corrected chi connectivity index (χ1v) is 5.46. The van der Waals surface area contributed by atoms with Gasteiger partial charge in [-0.25, -0.2) is 0 Å². The van der Waals surface area contributed by atoms with Crippen LogP contribution >= 0.6 is 0 Å². The monoisotopic (exact) mass is 224 g/mol. The number of nitrogens with two attached hydrogens (primary N) is 1. The molecule has 3 N–H and O–H groups in total. The average Bonchev–Trinajstić information content (AvgIpc) is 2.17. The van der Waals surface area contributed by atoms with Crippen molar-refractivity contribution in [3.8, 4) is 0 Å². The van der Waals surface area contributed by atoms with Crippen molar-refractivity contribution in [3.63, 3.8) is 0 Å². The van der Waals surface area contributed by atoms with Crippen LogP contribution in [-0.2, 0) is 0 Å². The molecule has 2 nitrogen and oxygen atoms in total. The summed E-state index contributed by atoms with van der Waals surface area (Å²) in [5, 5.41) is 3.25. The number of alkyl halides is 3. The molecule has 5 heteroatoms. The van der Waals surface area contributed by atoms with Crippen LogP contribution in [0.1, 0.15) is 32.6 Å². The fourth-order valence-electron chi connectivity index (χ4n) is 2.06. The Bertz CT molecular complexity index is 186. The van der Waals surface area contributed by atoms with Gasteiger partial charge in [-0.2, -0.15) is 13.2 Å². The molecule has 0 bridgehead atoms. The van der Waals surface area contributed by atoms with E-state index in [2.05, 4.69) is 5.32 Å². The zero-order valence-corrected chi connectivity index (χ0v) is 8.98. The Morgan fingerprint density at radius 3 is 2.20 bits per heavy atom. The maximum Gasteiger partial charge on any atom is 0.391 e. The minimum absolute atomic E-state index is 0.192. The highest BCUT2D eigenvalue weighted by atomic mass is 19.4. The molecule has 0 aromatic rings. The summed E-state index contributed by atoms with van der Waals surface area (Å²) in [4.78, 5) is 0. The molecule has 1 rings (SSSR count). The van der Waals surface area contributed by atoms with Crippen LogP contribution in [0, 0.1) is 5.92 Å². The maximum atomic E-state index is 12.4. The molecule has 0 saturated heterocycles. The number of rotatable bonds is 3. The van der Waals surface area contributed by atoms with Gasteiger partial charge in [0.2, 0.25) is 0 Å². The van der Waals surface area contributed by atoms with Crippen LogP contribution in [0.3, 0.4) is 0 Å². The van der Waals surface area contributed by atoms with Crippen molar-refractivity contribution in [2.24, 2.45) is 11.7 Å². The van der Waals surface area contributed by atoms with Gasteiger partial charge in [-0.3, -0.25) is 0 Å². The van der Waals surface area contributed by atoms with Crippen molar-refractivity contribution in [2.45, 2.75) is 50.9 Å². The van der Waals surface area contributed by atoms with Crippen molar-refractivity contribution in [3.05, 3.63) is 0 Å². The van der Waals surface area contributed by atoms with Crippen LogP contribution in [0.2, 0.25) is 0 Å². The zero-order chi connectivity index (χ0) is 11.5. The third kappa shape index (κ3) is 3.99. The van der Waals surface area contributed by atoms with Gasteiger partial charge in [-0.15, -0.1) is 0 Å². The van der Waals surface area contributed by atoms with E-state index >= 15 is 0 Å². The molecule has 0 heterocycles. The molecule has 0 aromatic carbocycles. The van der Waals surface area contributed by atoms with E-state index in [-0.39, 0.29) is 24.9 Å². The minimum atomic E-state index is -4.01. The van der Waals surface area contributed by atoms with Crippen LogP contribution in [-0.4, -0.2) is 24.8 Å². The lowest BCUT2D eigenvalue weighted by Gasteiger charge is -2.31. The maximum absolute atomic E-state index is 12.4. The summed E-state index contributed by atoms with van der Waals surface area (Å²) < 4.78 is 37.1. The zero-order valence-electron chi connectivity index (χ0n) is 8.98. The normalized spacial score (nSPS) is 30.2. The summed E-state index contributed by atoms with van der Waals surface area (Å²) >= 11 is 0. The summed E-state index contributed by atoms with van der Waals surface area (Å²) in [6.07, 6.45) is -2.30. The molecule has 1 aliphatic carbocycles. The van der Waals surface area contributed by atoms with Crippen molar-refractivity contribution in [2.75, 3.05) is 6.54 Å². The first kappa shape index (κ1) is 12.8. The van der Waals surface area contributed by atoms with Crippen LogP contribution in [0.4, 0.5) is 13.2 Å². The van der Waals surface area contributed by atoms with Gasteiger partial charge in [0.1, 0.15) is 0 Å². The largest absolute Gasteiger partial charge is 0.391 e. The van der Waals surface area contributed by atoms with Crippen molar-refractivity contribution in [1.29, 1.82) is 0 Å². The predicted molar refractivity (Wildman–Crippen MR) is 53.5 cm³/mol. The lowest BCUT2D eigenvalue weighted by Crippen LogP contribution is -2.43. The predicted octanol–water partition coefficient (Wildman–Crippen LogP) is 2.04. The van der Waals surface area contributed by atoms with E-state index in [9.17, 15) is 13.2 Å². The van der Waals surface area contributed by atoms with E-state index in [1.54, 1.807) is 0 Å². The quantitative estimate of drug-likeness (QED) is 0.770. The summed E-state index contributed by atoms with van der Waals surface area (Å²) in [7, 11) is 0. The van der Waals surface area contributed by atoms with Gasteiger partial charge in [0, 0.05) is 18.6 Å². The summed E-state index contributed by atoms with van der Waals surface area (Å²) in [6.45, 7) is 2.48. The molecule has 1 aliphatic rings. The molecule has 15 heavy (non-hydrogen) atoms. The summed E-state index contributed by atoms with van der Waals surface area (Å²) in [5.74, 6) is -1.09. The minimum Gasteiger partial charge on any atom is -0.329 e. The van der Waals surface area contributed by atoms with Gasteiger partial charge in [0.15, 0.2) is 0 Å².